The average molecular weight is 277 g/mol. The van der Waals surface area contributed by atoms with Crippen LogP contribution in [0, 0.1) is 5.92 Å². The molecule has 0 aliphatic rings. The van der Waals surface area contributed by atoms with E-state index >= 15 is 0 Å². The van der Waals surface area contributed by atoms with E-state index < -0.39 is 0 Å². The molecular weight excluding hydrogens is 254 g/mol. The Hall–Kier alpha value is -1.84. The second-order valence-electron chi connectivity index (χ2n) is 5.03. The van der Waals surface area contributed by atoms with E-state index in [9.17, 15) is 9.59 Å². The fourth-order valence-corrected chi connectivity index (χ4v) is 2.10. The van der Waals surface area contributed by atoms with Crippen molar-refractivity contribution in [2.75, 3.05) is 25.6 Å². The smallest absolute Gasteiger partial charge is 0.308 e. The zero-order chi connectivity index (χ0) is 15.0. The van der Waals surface area contributed by atoms with Crippen LogP contribution in [0.15, 0.2) is 24.3 Å². The SMILES string of the molecule is COC(=O)[C@H](C)Cc1cccc(N(C)CCCC=O)c1. The number of carbonyl (C=O) groups is 2. The molecule has 0 saturated heterocycles. The third kappa shape index (κ3) is 5.03. The molecule has 0 fully saturated rings. The van der Waals surface area contributed by atoms with Crippen molar-refractivity contribution in [3.8, 4) is 0 Å². The van der Waals surface area contributed by atoms with Crippen molar-refractivity contribution in [1.82, 2.24) is 0 Å². The molecule has 0 radical (unpaired) electrons. The number of hydrogen-bond acceptors (Lipinski definition) is 4. The van der Waals surface area contributed by atoms with Crippen molar-refractivity contribution >= 4 is 17.9 Å². The van der Waals surface area contributed by atoms with E-state index in [1.165, 1.54) is 7.11 Å². The number of methoxy groups -OCH3 is 1. The number of ether oxygens (including phenoxy) is 1. The van der Waals surface area contributed by atoms with Crippen LogP contribution in [0.1, 0.15) is 25.3 Å². The number of nitrogens with zero attached hydrogens (tertiary/aromatic N) is 1. The molecule has 0 heterocycles. The summed E-state index contributed by atoms with van der Waals surface area (Å²) in [4.78, 5) is 23.9. The summed E-state index contributed by atoms with van der Waals surface area (Å²) < 4.78 is 4.74. The lowest BCUT2D eigenvalue weighted by Crippen LogP contribution is -2.19. The van der Waals surface area contributed by atoms with Crippen molar-refractivity contribution in [2.45, 2.75) is 26.2 Å². The maximum absolute atomic E-state index is 11.4. The monoisotopic (exact) mass is 277 g/mol. The molecule has 0 aliphatic carbocycles. The van der Waals surface area contributed by atoms with Gasteiger partial charge in [0.25, 0.3) is 0 Å². The summed E-state index contributed by atoms with van der Waals surface area (Å²) in [6.45, 7) is 2.71. The molecule has 0 spiro atoms. The number of benzene rings is 1. The Labute approximate surface area is 120 Å². The van der Waals surface area contributed by atoms with Gasteiger partial charge in [0.1, 0.15) is 6.29 Å². The third-order valence-electron chi connectivity index (χ3n) is 3.31. The van der Waals surface area contributed by atoms with Gasteiger partial charge in [-0.05, 0) is 30.5 Å². The molecule has 0 aliphatic heterocycles. The highest BCUT2D eigenvalue weighted by Crippen LogP contribution is 2.18. The normalized spacial score (nSPS) is 11.8. The number of carbonyl (C=O) groups excluding carboxylic acids is 2. The molecule has 20 heavy (non-hydrogen) atoms. The Morgan fingerprint density at radius 3 is 2.85 bits per heavy atom. The van der Waals surface area contributed by atoms with Gasteiger partial charge in [0.2, 0.25) is 0 Å². The molecule has 0 bridgehead atoms. The first kappa shape index (κ1) is 16.2. The van der Waals surface area contributed by atoms with Gasteiger partial charge in [-0.1, -0.05) is 19.1 Å². The molecule has 1 aromatic rings. The van der Waals surface area contributed by atoms with Crippen molar-refractivity contribution < 1.29 is 14.3 Å². The Bertz CT molecular complexity index is 445. The number of anilines is 1. The zero-order valence-electron chi connectivity index (χ0n) is 12.5. The summed E-state index contributed by atoms with van der Waals surface area (Å²) in [6.07, 6.45) is 3.05. The lowest BCUT2D eigenvalue weighted by molar-refractivity contribution is -0.144. The van der Waals surface area contributed by atoms with Gasteiger partial charge >= 0.3 is 5.97 Å². The third-order valence-corrected chi connectivity index (χ3v) is 3.31. The van der Waals surface area contributed by atoms with E-state index in [4.69, 9.17) is 4.74 Å². The second-order valence-corrected chi connectivity index (χ2v) is 5.03. The highest BCUT2D eigenvalue weighted by Gasteiger charge is 2.14. The molecule has 0 saturated carbocycles. The minimum absolute atomic E-state index is 0.143. The first-order valence-corrected chi connectivity index (χ1v) is 6.90. The molecule has 0 aromatic heterocycles. The van der Waals surface area contributed by atoms with Crippen LogP contribution in [0.3, 0.4) is 0 Å². The predicted octanol–water partition coefficient (Wildman–Crippen LogP) is 2.45. The Balaban J connectivity index is 2.65. The summed E-state index contributed by atoms with van der Waals surface area (Å²) in [7, 11) is 3.42. The quantitative estimate of drug-likeness (QED) is 0.416. The first-order chi connectivity index (χ1) is 9.58. The highest BCUT2D eigenvalue weighted by atomic mass is 16.5. The van der Waals surface area contributed by atoms with E-state index in [0.717, 1.165) is 30.5 Å². The van der Waals surface area contributed by atoms with Gasteiger partial charge in [-0.2, -0.15) is 0 Å². The lowest BCUT2D eigenvalue weighted by atomic mass is 10.0. The van der Waals surface area contributed by atoms with Crippen molar-refractivity contribution in [2.24, 2.45) is 5.92 Å². The fourth-order valence-electron chi connectivity index (χ4n) is 2.10. The van der Waals surface area contributed by atoms with E-state index in [1.54, 1.807) is 0 Å². The van der Waals surface area contributed by atoms with E-state index in [2.05, 4.69) is 11.0 Å². The summed E-state index contributed by atoms with van der Waals surface area (Å²) in [5.74, 6) is -0.328. The van der Waals surface area contributed by atoms with Crippen LogP contribution in [-0.2, 0) is 20.7 Å². The summed E-state index contributed by atoms with van der Waals surface area (Å²) in [5.41, 5.74) is 2.22. The molecule has 0 unspecified atom stereocenters. The Morgan fingerprint density at radius 1 is 1.45 bits per heavy atom. The lowest BCUT2D eigenvalue weighted by Gasteiger charge is -2.20. The standard InChI is InChI=1S/C16H23NO3/c1-13(16(19)20-3)11-14-7-6-8-15(12-14)17(2)9-4-5-10-18/h6-8,10,12-13H,4-5,9,11H2,1-3H3/t13-/m1/s1. The van der Waals surface area contributed by atoms with Crippen LogP contribution in [0.5, 0.6) is 0 Å². The number of esters is 1. The van der Waals surface area contributed by atoms with Crippen LogP contribution in [0.4, 0.5) is 5.69 Å². The van der Waals surface area contributed by atoms with Gasteiger partial charge in [0.05, 0.1) is 13.0 Å². The molecule has 1 atom stereocenters. The number of hydrogen-bond donors (Lipinski definition) is 0. The van der Waals surface area contributed by atoms with Crippen LogP contribution in [0.25, 0.3) is 0 Å². The Morgan fingerprint density at radius 2 is 2.20 bits per heavy atom. The number of rotatable bonds is 8. The maximum atomic E-state index is 11.4. The minimum atomic E-state index is -0.185. The van der Waals surface area contributed by atoms with E-state index in [-0.39, 0.29) is 11.9 Å². The van der Waals surface area contributed by atoms with Gasteiger partial charge in [0.15, 0.2) is 0 Å². The summed E-state index contributed by atoms with van der Waals surface area (Å²) in [5, 5.41) is 0. The average Bonchev–Trinajstić information content (AvgIpc) is 2.46. The van der Waals surface area contributed by atoms with Crippen molar-refractivity contribution in [3.05, 3.63) is 29.8 Å². The molecule has 1 aromatic carbocycles. The minimum Gasteiger partial charge on any atom is -0.469 e. The Kier molecular flexibility index (Phi) is 6.77. The molecule has 0 amide bonds. The van der Waals surface area contributed by atoms with Crippen LogP contribution in [-0.4, -0.2) is 33.0 Å². The van der Waals surface area contributed by atoms with Crippen LogP contribution in [0.2, 0.25) is 0 Å². The maximum Gasteiger partial charge on any atom is 0.308 e. The molecule has 4 heteroatoms. The largest absolute Gasteiger partial charge is 0.469 e. The van der Waals surface area contributed by atoms with Crippen molar-refractivity contribution in [3.63, 3.8) is 0 Å². The van der Waals surface area contributed by atoms with E-state index in [1.807, 2.05) is 32.2 Å². The van der Waals surface area contributed by atoms with E-state index in [0.29, 0.717) is 12.8 Å². The number of unbranched alkanes of at least 4 members (excludes halogenated alkanes) is 1. The van der Waals surface area contributed by atoms with Gasteiger partial charge in [-0.25, -0.2) is 0 Å². The molecule has 110 valence electrons. The first-order valence-electron chi connectivity index (χ1n) is 6.90. The van der Waals surface area contributed by atoms with Crippen molar-refractivity contribution in [1.29, 1.82) is 0 Å². The molecule has 1 rings (SSSR count). The molecule has 4 nitrogen and oxygen atoms in total. The summed E-state index contributed by atoms with van der Waals surface area (Å²) >= 11 is 0. The fraction of sp³-hybridized carbons (Fsp3) is 0.500. The molecule has 0 N–H and O–H groups in total. The number of aldehydes is 1. The topological polar surface area (TPSA) is 46.6 Å². The highest BCUT2D eigenvalue weighted by molar-refractivity contribution is 5.72. The van der Waals surface area contributed by atoms with Gasteiger partial charge in [-0.15, -0.1) is 0 Å². The van der Waals surface area contributed by atoms with Gasteiger partial charge in [-0.3, -0.25) is 4.79 Å². The second kappa shape index (κ2) is 8.35. The molecular formula is C16H23NO3. The van der Waals surface area contributed by atoms with Gasteiger partial charge < -0.3 is 14.4 Å². The predicted molar refractivity (Wildman–Crippen MR) is 79.9 cm³/mol. The zero-order valence-corrected chi connectivity index (χ0v) is 12.5. The van der Waals surface area contributed by atoms with Gasteiger partial charge in [0, 0.05) is 25.7 Å². The van der Waals surface area contributed by atoms with Crippen LogP contribution >= 0.6 is 0 Å². The summed E-state index contributed by atoms with van der Waals surface area (Å²) in [6, 6.07) is 8.13. The van der Waals surface area contributed by atoms with Crippen LogP contribution < -0.4 is 4.90 Å².